The van der Waals surface area contributed by atoms with Crippen LogP contribution in [0.15, 0.2) is 24.3 Å². The Kier molecular flexibility index (Phi) is 2.80. The third-order valence-corrected chi connectivity index (χ3v) is 1.67. The van der Waals surface area contributed by atoms with E-state index in [0.717, 1.165) is 0 Å². The summed E-state index contributed by atoms with van der Waals surface area (Å²) in [5, 5.41) is 0. The molecule has 0 bridgehead atoms. The van der Waals surface area contributed by atoms with Crippen molar-refractivity contribution in [3.8, 4) is 5.75 Å². The number of benzene rings is 1. The molecule has 13 heavy (non-hydrogen) atoms. The molecule has 0 N–H and O–H groups in total. The first-order chi connectivity index (χ1) is 6.16. The highest BCUT2D eigenvalue weighted by Crippen LogP contribution is 2.17. The molecule has 0 saturated carbocycles. The lowest BCUT2D eigenvalue weighted by atomic mass is 10.1. The van der Waals surface area contributed by atoms with Crippen LogP contribution in [0.5, 0.6) is 5.75 Å². The van der Waals surface area contributed by atoms with Gasteiger partial charge in [-0.05, 0) is 12.1 Å². The largest absolute Gasteiger partial charge is 0.496 e. The Bertz CT molecular complexity index is 342. The first-order valence-corrected chi connectivity index (χ1v) is 3.85. The van der Waals surface area contributed by atoms with Crippen LogP contribution in [0.25, 0.3) is 0 Å². The Morgan fingerprint density at radius 3 is 2.38 bits per heavy atom. The van der Waals surface area contributed by atoms with Gasteiger partial charge in [0.25, 0.3) is 0 Å². The van der Waals surface area contributed by atoms with Gasteiger partial charge < -0.3 is 4.74 Å². The van der Waals surface area contributed by atoms with Crippen molar-refractivity contribution in [3.63, 3.8) is 0 Å². The van der Waals surface area contributed by atoms with Crippen molar-refractivity contribution in [2.24, 2.45) is 0 Å². The summed E-state index contributed by atoms with van der Waals surface area (Å²) in [6, 6.07) is 6.66. The maximum atomic E-state index is 11.3. The molecule has 1 aromatic carbocycles. The minimum atomic E-state index is -0.516. The van der Waals surface area contributed by atoms with Crippen LogP contribution in [-0.2, 0) is 4.79 Å². The van der Waals surface area contributed by atoms with Crippen LogP contribution >= 0.6 is 0 Å². The minimum absolute atomic E-state index is 0.317. The summed E-state index contributed by atoms with van der Waals surface area (Å²) in [4.78, 5) is 22.1. The van der Waals surface area contributed by atoms with Crippen LogP contribution in [0.1, 0.15) is 17.3 Å². The summed E-state index contributed by atoms with van der Waals surface area (Å²) in [6.45, 7) is 1.24. The van der Waals surface area contributed by atoms with Crippen LogP contribution in [0.3, 0.4) is 0 Å². The second-order valence-electron chi connectivity index (χ2n) is 2.59. The standard InChI is InChI=1S/C10H10O3/c1-7(11)10(12)8-5-3-4-6-9(8)13-2/h3-6H,1-2H3. The van der Waals surface area contributed by atoms with Crippen molar-refractivity contribution < 1.29 is 14.3 Å². The second-order valence-corrected chi connectivity index (χ2v) is 2.59. The SMILES string of the molecule is COc1ccccc1C(=O)C(C)=O. The zero-order chi connectivity index (χ0) is 9.84. The number of para-hydroxylation sites is 1. The van der Waals surface area contributed by atoms with Gasteiger partial charge in [-0.25, -0.2) is 0 Å². The smallest absolute Gasteiger partial charge is 0.231 e. The Balaban J connectivity index is 3.13. The number of ketones is 2. The molecule has 0 spiro atoms. The fourth-order valence-electron chi connectivity index (χ4n) is 1.02. The van der Waals surface area contributed by atoms with E-state index in [-0.39, 0.29) is 0 Å². The van der Waals surface area contributed by atoms with Crippen LogP contribution in [0.2, 0.25) is 0 Å². The summed E-state index contributed by atoms with van der Waals surface area (Å²) >= 11 is 0. The molecule has 0 atom stereocenters. The van der Waals surface area contributed by atoms with Crippen LogP contribution in [-0.4, -0.2) is 18.7 Å². The van der Waals surface area contributed by atoms with Crippen molar-refractivity contribution >= 4 is 11.6 Å². The van der Waals surface area contributed by atoms with E-state index >= 15 is 0 Å². The topological polar surface area (TPSA) is 43.4 Å². The summed E-state index contributed by atoms with van der Waals surface area (Å²) in [6.07, 6.45) is 0. The van der Waals surface area contributed by atoms with Crippen molar-refractivity contribution in [2.45, 2.75) is 6.92 Å². The van der Waals surface area contributed by atoms with Gasteiger partial charge in [0.15, 0.2) is 5.78 Å². The van der Waals surface area contributed by atoms with Crippen molar-refractivity contribution in [1.82, 2.24) is 0 Å². The molecule has 0 radical (unpaired) electrons. The van der Waals surface area contributed by atoms with E-state index in [2.05, 4.69) is 0 Å². The van der Waals surface area contributed by atoms with Crippen LogP contribution < -0.4 is 4.74 Å². The molecule has 0 saturated heterocycles. The predicted molar refractivity (Wildman–Crippen MR) is 48.0 cm³/mol. The molecule has 0 aromatic heterocycles. The van der Waals surface area contributed by atoms with Crippen molar-refractivity contribution in [1.29, 1.82) is 0 Å². The summed E-state index contributed by atoms with van der Waals surface area (Å²) in [7, 11) is 1.46. The average molecular weight is 178 g/mol. The van der Waals surface area contributed by atoms with Gasteiger partial charge in [0.2, 0.25) is 5.78 Å². The average Bonchev–Trinajstić information content (AvgIpc) is 2.16. The van der Waals surface area contributed by atoms with E-state index in [0.29, 0.717) is 11.3 Å². The fraction of sp³-hybridized carbons (Fsp3) is 0.200. The van der Waals surface area contributed by atoms with Gasteiger partial charge in [-0.15, -0.1) is 0 Å². The highest BCUT2D eigenvalue weighted by Gasteiger charge is 2.14. The first-order valence-electron chi connectivity index (χ1n) is 3.85. The Morgan fingerprint density at radius 1 is 1.23 bits per heavy atom. The highest BCUT2D eigenvalue weighted by atomic mass is 16.5. The van der Waals surface area contributed by atoms with Crippen molar-refractivity contribution in [2.75, 3.05) is 7.11 Å². The van der Waals surface area contributed by atoms with Gasteiger partial charge in [0.05, 0.1) is 12.7 Å². The normalized spacial score (nSPS) is 9.38. The molecule has 1 aromatic rings. The lowest BCUT2D eigenvalue weighted by molar-refractivity contribution is -0.113. The predicted octanol–water partition coefficient (Wildman–Crippen LogP) is 1.47. The minimum Gasteiger partial charge on any atom is -0.496 e. The Labute approximate surface area is 76.3 Å². The number of carbonyl (C=O) groups is 2. The van der Waals surface area contributed by atoms with E-state index in [1.54, 1.807) is 24.3 Å². The van der Waals surface area contributed by atoms with E-state index in [4.69, 9.17) is 4.74 Å². The van der Waals surface area contributed by atoms with E-state index < -0.39 is 11.6 Å². The Hall–Kier alpha value is -1.64. The molecule has 0 fully saturated rings. The van der Waals surface area contributed by atoms with E-state index in [9.17, 15) is 9.59 Å². The zero-order valence-electron chi connectivity index (χ0n) is 7.53. The van der Waals surface area contributed by atoms with Gasteiger partial charge in [-0.1, -0.05) is 12.1 Å². The number of carbonyl (C=O) groups excluding carboxylic acids is 2. The van der Waals surface area contributed by atoms with Gasteiger partial charge in [-0.3, -0.25) is 9.59 Å². The van der Waals surface area contributed by atoms with Crippen molar-refractivity contribution in [3.05, 3.63) is 29.8 Å². The fourth-order valence-corrected chi connectivity index (χ4v) is 1.02. The van der Waals surface area contributed by atoms with Gasteiger partial charge in [0, 0.05) is 6.92 Å². The molecule has 3 nitrogen and oxygen atoms in total. The first kappa shape index (κ1) is 9.45. The van der Waals surface area contributed by atoms with Crippen LogP contribution in [0.4, 0.5) is 0 Å². The number of hydrogen-bond donors (Lipinski definition) is 0. The van der Waals surface area contributed by atoms with Crippen LogP contribution in [0, 0.1) is 0 Å². The maximum Gasteiger partial charge on any atom is 0.231 e. The quantitative estimate of drug-likeness (QED) is 0.520. The highest BCUT2D eigenvalue weighted by molar-refractivity contribution is 6.43. The lowest BCUT2D eigenvalue weighted by Crippen LogP contribution is -2.10. The molecular weight excluding hydrogens is 168 g/mol. The molecule has 3 heteroatoms. The molecule has 0 aliphatic carbocycles. The molecule has 0 amide bonds. The molecule has 0 aliphatic rings. The molecule has 0 aliphatic heterocycles. The van der Waals surface area contributed by atoms with Gasteiger partial charge >= 0.3 is 0 Å². The number of hydrogen-bond acceptors (Lipinski definition) is 3. The number of Topliss-reactive ketones (excluding diaryl/α,β-unsaturated/α-hetero) is 2. The number of rotatable bonds is 3. The molecular formula is C10H10O3. The second kappa shape index (κ2) is 3.85. The molecule has 68 valence electrons. The monoisotopic (exact) mass is 178 g/mol. The third kappa shape index (κ3) is 1.93. The van der Waals surface area contributed by atoms with Gasteiger partial charge in [-0.2, -0.15) is 0 Å². The third-order valence-electron chi connectivity index (χ3n) is 1.67. The molecule has 0 unspecified atom stereocenters. The zero-order valence-corrected chi connectivity index (χ0v) is 7.53. The molecule has 1 rings (SSSR count). The number of ether oxygens (including phenoxy) is 1. The van der Waals surface area contributed by atoms with E-state index in [1.165, 1.54) is 14.0 Å². The maximum absolute atomic E-state index is 11.3. The molecule has 0 heterocycles. The number of methoxy groups -OCH3 is 1. The summed E-state index contributed by atoms with van der Waals surface area (Å²) in [5.74, 6) is -0.565. The summed E-state index contributed by atoms with van der Waals surface area (Å²) < 4.78 is 4.94. The van der Waals surface area contributed by atoms with Gasteiger partial charge in [0.1, 0.15) is 5.75 Å². The summed E-state index contributed by atoms with van der Waals surface area (Å²) in [5.41, 5.74) is 0.317. The Morgan fingerprint density at radius 2 is 1.85 bits per heavy atom. The van der Waals surface area contributed by atoms with E-state index in [1.807, 2.05) is 0 Å². The lowest BCUT2D eigenvalue weighted by Gasteiger charge is -2.04.